The second kappa shape index (κ2) is 10.3. The largest absolute Gasteiger partial charge is 1.00 e. The number of nitrogens with two attached hydrogens (primary N) is 1. The molecular formula is C24H25Cl2N5O3. The molecule has 2 aliphatic rings. The minimum atomic E-state index is -0.443. The van der Waals surface area contributed by atoms with Crippen LogP contribution >= 0.6 is 11.6 Å². The van der Waals surface area contributed by atoms with Crippen molar-refractivity contribution < 1.29 is 31.9 Å². The highest BCUT2D eigenvalue weighted by Crippen LogP contribution is 2.35. The Morgan fingerprint density at radius 3 is 2.56 bits per heavy atom. The van der Waals surface area contributed by atoms with Gasteiger partial charge < -0.3 is 31.5 Å². The number of methoxy groups -OCH3 is 1. The topological polar surface area (TPSA) is 97.1 Å². The van der Waals surface area contributed by atoms with Crippen molar-refractivity contribution in [1.29, 1.82) is 5.26 Å². The van der Waals surface area contributed by atoms with E-state index in [-0.39, 0.29) is 12.4 Å². The first-order valence-corrected chi connectivity index (χ1v) is 11.4. The number of nitriles is 1. The van der Waals surface area contributed by atoms with E-state index in [0.29, 0.717) is 36.1 Å². The van der Waals surface area contributed by atoms with Gasteiger partial charge in [-0.2, -0.15) is 5.26 Å². The van der Waals surface area contributed by atoms with E-state index in [2.05, 4.69) is 21.2 Å². The number of nitrogens with zero attached hydrogens (tertiary/aromatic N) is 4. The van der Waals surface area contributed by atoms with Crippen LogP contribution in [0, 0.1) is 11.3 Å². The molecule has 3 heterocycles. The molecule has 34 heavy (non-hydrogen) atoms. The van der Waals surface area contributed by atoms with Crippen LogP contribution in [0.4, 0.5) is 11.6 Å². The first-order valence-electron chi connectivity index (χ1n) is 11.0. The molecule has 0 aliphatic carbocycles. The Bertz CT molecular complexity index is 1220. The number of hydrogen-bond donors (Lipinski definition) is 1. The van der Waals surface area contributed by atoms with Gasteiger partial charge in [-0.05, 0) is 36.4 Å². The maximum Gasteiger partial charge on any atom is 0.252 e. The van der Waals surface area contributed by atoms with Gasteiger partial charge in [0.1, 0.15) is 12.3 Å². The maximum atomic E-state index is 9.45. The molecule has 0 bridgehead atoms. The van der Waals surface area contributed by atoms with Crippen molar-refractivity contribution in [2.24, 2.45) is 0 Å². The third-order valence-corrected chi connectivity index (χ3v) is 6.60. The Morgan fingerprint density at radius 2 is 1.88 bits per heavy atom. The minimum absolute atomic E-state index is 0. The Labute approximate surface area is 209 Å². The second-order valence-corrected chi connectivity index (χ2v) is 8.66. The zero-order valence-corrected chi connectivity index (χ0v) is 20.3. The lowest BCUT2D eigenvalue weighted by molar-refractivity contribution is -0.591. The molecule has 0 radical (unpaired) electrons. The van der Waals surface area contributed by atoms with Gasteiger partial charge >= 0.3 is 0 Å². The molecule has 2 N–H and O–H groups in total. The van der Waals surface area contributed by atoms with E-state index in [1.807, 2.05) is 41.7 Å². The predicted molar refractivity (Wildman–Crippen MR) is 124 cm³/mol. The van der Waals surface area contributed by atoms with Crippen LogP contribution in [0.15, 0.2) is 36.4 Å². The highest BCUT2D eigenvalue weighted by molar-refractivity contribution is 6.32. The van der Waals surface area contributed by atoms with Crippen molar-refractivity contribution in [3.05, 3.63) is 52.5 Å². The molecule has 1 aromatic heterocycles. The van der Waals surface area contributed by atoms with Crippen LogP contribution in [0.1, 0.15) is 24.0 Å². The lowest BCUT2D eigenvalue weighted by Crippen LogP contribution is -3.00. The molecule has 0 saturated carbocycles. The fourth-order valence-electron chi connectivity index (χ4n) is 4.51. The van der Waals surface area contributed by atoms with Gasteiger partial charge in [0, 0.05) is 36.9 Å². The minimum Gasteiger partial charge on any atom is -1.00 e. The van der Waals surface area contributed by atoms with Crippen LogP contribution in [-0.4, -0.2) is 49.4 Å². The van der Waals surface area contributed by atoms with Crippen molar-refractivity contribution in [1.82, 2.24) is 10.2 Å². The number of aromatic nitrogens is 2. The standard InChI is InChI=1S/C24H24ClN5O3.ClH/c1-31-21-5-3-17(13-20(21)25)15-27-22-19-12-16(14-26)2-4-18(19)23(29-28-22)30-8-6-24(7-9-30)32-10-11-33-24;/h2-5,12-13H,6-11,15H2,1H3,(H,27,28);1H. The Morgan fingerprint density at radius 1 is 1.12 bits per heavy atom. The fourth-order valence-corrected chi connectivity index (χ4v) is 4.79. The first-order chi connectivity index (χ1) is 16.1. The Balaban J connectivity index is 0.00000274. The zero-order chi connectivity index (χ0) is 22.8. The number of rotatable bonds is 5. The lowest BCUT2D eigenvalue weighted by Gasteiger charge is -2.38. The van der Waals surface area contributed by atoms with Crippen LogP contribution in [0.25, 0.3) is 10.8 Å². The van der Waals surface area contributed by atoms with Gasteiger partial charge in [0.2, 0.25) is 0 Å². The summed E-state index contributed by atoms with van der Waals surface area (Å²) in [5, 5.41) is 23.1. The molecule has 0 atom stereocenters. The summed E-state index contributed by atoms with van der Waals surface area (Å²) < 4.78 is 16.9. The fraction of sp³-hybridized carbons (Fsp3) is 0.375. The number of halogens is 2. The molecule has 2 fully saturated rings. The maximum absolute atomic E-state index is 9.45. The van der Waals surface area contributed by atoms with E-state index >= 15 is 0 Å². The van der Waals surface area contributed by atoms with Crippen LogP contribution in [0.5, 0.6) is 5.75 Å². The highest BCUT2D eigenvalue weighted by Gasteiger charge is 2.40. The number of benzene rings is 2. The number of quaternary nitrogens is 1. The van der Waals surface area contributed by atoms with Crippen molar-refractivity contribution in [2.75, 3.05) is 38.3 Å². The molecule has 3 aromatic rings. The summed E-state index contributed by atoms with van der Waals surface area (Å²) in [5.74, 6) is 1.77. The van der Waals surface area contributed by atoms with Gasteiger partial charge in [0.25, 0.3) is 5.82 Å². The number of piperidine rings is 1. The number of hydrogen-bond acceptors (Lipinski definition) is 7. The van der Waals surface area contributed by atoms with Crippen LogP contribution in [0.3, 0.4) is 0 Å². The Hall–Kier alpha value is -2.67. The first kappa shape index (κ1) is 24.5. The van der Waals surface area contributed by atoms with Gasteiger partial charge in [-0.15, -0.1) is 5.10 Å². The van der Waals surface area contributed by atoms with Gasteiger partial charge in [-0.1, -0.05) is 16.7 Å². The van der Waals surface area contributed by atoms with Gasteiger partial charge in [-0.25, -0.2) is 0 Å². The molecule has 5 rings (SSSR count). The van der Waals surface area contributed by atoms with Crippen LogP contribution in [-0.2, 0) is 16.0 Å². The summed E-state index contributed by atoms with van der Waals surface area (Å²) >= 11 is 6.27. The smallest absolute Gasteiger partial charge is 0.252 e. The average molecular weight is 502 g/mol. The van der Waals surface area contributed by atoms with Crippen molar-refractivity contribution >= 4 is 34.0 Å². The van der Waals surface area contributed by atoms with E-state index in [1.54, 1.807) is 7.11 Å². The van der Waals surface area contributed by atoms with E-state index in [9.17, 15) is 5.26 Å². The summed E-state index contributed by atoms with van der Waals surface area (Å²) in [5.41, 5.74) is 1.63. The summed E-state index contributed by atoms with van der Waals surface area (Å²) in [6, 6.07) is 13.6. The number of ether oxygens (including phenoxy) is 3. The van der Waals surface area contributed by atoms with E-state index in [0.717, 1.165) is 53.9 Å². The summed E-state index contributed by atoms with van der Waals surface area (Å²) in [6.45, 7) is 3.49. The quantitative estimate of drug-likeness (QED) is 0.521. The van der Waals surface area contributed by atoms with Crippen molar-refractivity contribution in [3.8, 4) is 11.8 Å². The average Bonchev–Trinajstić information content (AvgIpc) is 3.30. The van der Waals surface area contributed by atoms with Crippen molar-refractivity contribution in [2.45, 2.75) is 25.2 Å². The summed E-state index contributed by atoms with van der Waals surface area (Å²) in [4.78, 5) is 2.23. The third-order valence-electron chi connectivity index (χ3n) is 6.30. The van der Waals surface area contributed by atoms with Gasteiger partial charge in [-0.3, -0.25) is 5.32 Å². The molecule has 2 saturated heterocycles. The van der Waals surface area contributed by atoms with E-state index in [1.165, 1.54) is 0 Å². The van der Waals surface area contributed by atoms with E-state index < -0.39 is 5.79 Å². The predicted octanol–water partition coefficient (Wildman–Crippen LogP) is -0.0941. The number of anilines is 1. The molecule has 2 aliphatic heterocycles. The SMILES string of the molecule is COc1ccc(C[NH2+]c2nnc(N3CCC4(CC3)OCCO4)c3ccc(C#N)cc23)cc1Cl.[Cl-]. The summed E-state index contributed by atoms with van der Waals surface area (Å²) in [6.07, 6.45) is 1.58. The van der Waals surface area contributed by atoms with Gasteiger partial charge in [0.15, 0.2) is 11.6 Å². The van der Waals surface area contributed by atoms with Crippen molar-refractivity contribution in [3.63, 3.8) is 0 Å². The lowest BCUT2D eigenvalue weighted by atomic mass is 10.0. The highest BCUT2D eigenvalue weighted by atomic mass is 35.5. The molecule has 8 nitrogen and oxygen atoms in total. The molecule has 2 aromatic carbocycles. The molecule has 0 unspecified atom stereocenters. The van der Waals surface area contributed by atoms with Crippen LogP contribution < -0.4 is 27.4 Å². The monoisotopic (exact) mass is 501 g/mol. The molecule has 178 valence electrons. The zero-order valence-electron chi connectivity index (χ0n) is 18.8. The Kier molecular flexibility index (Phi) is 7.41. The molecular weight excluding hydrogens is 477 g/mol. The number of fused-ring (bicyclic) bond motifs is 1. The normalized spacial score (nSPS) is 16.9. The van der Waals surface area contributed by atoms with Crippen LogP contribution in [0.2, 0.25) is 5.02 Å². The molecule has 10 heteroatoms. The second-order valence-electron chi connectivity index (χ2n) is 8.25. The van der Waals surface area contributed by atoms with E-state index in [4.69, 9.17) is 25.8 Å². The molecule has 1 spiro atoms. The summed E-state index contributed by atoms with van der Waals surface area (Å²) in [7, 11) is 1.60. The van der Waals surface area contributed by atoms with Gasteiger partial charge in [0.05, 0.1) is 42.4 Å². The third kappa shape index (κ3) is 4.76. The molecule has 0 amide bonds.